The molecular formula is C12H23NS. The molecule has 14 heavy (non-hydrogen) atoms. The van der Waals surface area contributed by atoms with Crippen molar-refractivity contribution in [1.82, 2.24) is 5.32 Å². The van der Waals surface area contributed by atoms with Gasteiger partial charge in [-0.3, -0.25) is 0 Å². The van der Waals surface area contributed by atoms with Crippen LogP contribution in [0.3, 0.4) is 0 Å². The lowest BCUT2D eigenvalue weighted by molar-refractivity contribution is 0.470. The monoisotopic (exact) mass is 213 g/mol. The SMILES string of the molecule is C=C(C)CCC(NC)C1CCCCS1. The van der Waals surface area contributed by atoms with Crippen molar-refractivity contribution in [3.05, 3.63) is 12.2 Å². The molecule has 0 amide bonds. The minimum absolute atomic E-state index is 0.692. The second-order valence-corrected chi connectivity index (χ2v) is 5.64. The van der Waals surface area contributed by atoms with Crippen LogP contribution >= 0.6 is 11.8 Å². The zero-order chi connectivity index (χ0) is 10.4. The fourth-order valence-electron chi connectivity index (χ4n) is 2.00. The maximum atomic E-state index is 3.97. The maximum Gasteiger partial charge on any atom is 0.0201 e. The van der Waals surface area contributed by atoms with Gasteiger partial charge in [-0.05, 0) is 45.4 Å². The number of hydrogen-bond donors (Lipinski definition) is 1. The Labute approximate surface area is 92.7 Å². The number of allylic oxidation sites excluding steroid dienone is 1. The largest absolute Gasteiger partial charge is 0.316 e. The Balaban J connectivity index is 2.31. The van der Waals surface area contributed by atoms with Gasteiger partial charge in [0, 0.05) is 11.3 Å². The molecule has 0 aromatic heterocycles. The summed E-state index contributed by atoms with van der Waals surface area (Å²) in [6, 6.07) is 0.692. The van der Waals surface area contributed by atoms with Crippen LogP contribution in [0.25, 0.3) is 0 Å². The van der Waals surface area contributed by atoms with Crippen molar-refractivity contribution < 1.29 is 0 Å². The van der Waals surface area contributed by atoms with E-state index in [9.17, 15) is 0 Å². The van der Waals surface area contributed by atoms with Crippen molar-refractivity contribution in [2.75, 3.05) is 12.8 Å². The van der Waals surface area contributed by atoms with Crippen LogP contribution in [0, 0.1) is 0 Å². The molecule has 2 unspecified atom stereocenters. The third-order valence-electron chi connectivity index (χ3n) is 2.92. The fourth-order valence-corrected chi connectivity index (χ4v) is 3.51. The van der Waals surface area contributed by atoms with Crippen molar-refractivity contribution in [3.63, 3.8) is 0 Å². The molecule has 1 aliphatic rings. The summed E-state index contributed by atoms with van der Waals surface area (Å²) in [5.41, 5.74) is 1.31. The molecule has 1 rings (SSSR count). The molecular weight excluding hydrogens is 190 g/mol. The van der Waals surface area contributed by atoms with Crippen molar-refractivity contribution >= 4 is 11.8 Å². The molecule has 0 spiro atoms. The first-order chi connectivity index (χ1) is 6.74. The van der Waals surface area contributed by atoms with Gasteiger partial charge in [-0.1, -0.05) is 12.0 Å². The highest BCUT2D eigenvalue weighted by Crippen LogP contribution is 2.29. The van der Waals surface area contributed by atoms with E-state index in [1.165, 1.54) is 43.4 Å². The van der Waals surface area contributed by atoms with Crippen LogP contribution in [0.4, 0.5) is 0 Å². The van der Waals surface area contributed by atoms with Crippen LogP contribution in [0.2, 0.25) is 0 Å². The molecule has 1 nitrogen and oxygen atoms in total. The molecule has 0 aromatic carbocycles. The maximum absolute atomic E-state index is 3.97. The standard InChI is InChI=1S/C12H23NS/c1-10(2)7-8-11(13-3)12-6-4-5-9-14-12/h11-13H,1,4-9H2,2-3H3. The number of nitrogens with one attached hydrogen (secondary N) is 1. The third-order valence-corrected chi connectivity index (χ3v) is 4.43. The highest BCUT2D eigenvalue weighted by atomic mass is 32.2. The average molecular weight is 213 g/mol. The van der Waals surface area contributed by atoms with E-state index in [1.807, 2.05) is 0 Å². The van der Waals surface area contributed by atoms with Gasteiger partial charge in [0.15, 0.2) is 0 Å². The van der Waals surface area contributed by atoms with E-state index in [0.29, 0.717) is 6.04 Å². The van der Waals surface area contributed by atoms with Gasteiger partial charge in [-0.25, -0.2) is 0 Å². The fraction of sp³-hybridized carbons (Fsp3) is 0.833. The van der Waals surface area contributed by atoms with Gasteiger partial charge in [0.2, 0.25) is 0 Å². The van der Waals surface area contributed by atoms with Crippen LogP contribution in [0.15, 0.2) is 12.2 Å². The van der Waals surface area contributed by atoms with Crippen molar-refractivity contribution in [3.8, 4) is 0 Å². The summed E-state index contributed by atoms with van der Waals surface area (Å²) in [4.78, 5) is 0. The van der Waals surface area contributed by atoms with Crippen LogP contribution in [-0.4, -0.2) is 24.1 Å². The number of thioether (sulfide) groups is 1. The molecule has 1 aliphatic heterocycles. The molecule has 1 saturated heterocycles. The molecule has 1 heterocycles. The smallest absolute Gasteiger partial charge is 0.0201 e. The Hall–Kier alpha value is 0.0500. The Kier molecular flexibility index (Phi) is 5.64. The van der Waals surface area contributed by atoms with Crippen LogP contribution < -0.4 is 5.32 Å². The highest BCUT2D eigenvalue weighted by molar-refractivity contribution is 8.00. The summed E-state index contributed by atoms with van der Waals surface area (Å²) in [6.45, 7) is 6.10. The van der Waals surface area contributed by atoms with Gasteiger partial charge < -0.3 is 5.32 Å². The van der Waals surface area contributed by atoms with E-state index in [-0.39, 0.29) is 0 Å². The van der Waals surface area contributed by atoms with Crippen LogP contribution in [0.1, 0.15) is 39.0 Å². The molecule has 2 heteroatoms. The average Bonchev–Trinajstić information content (AvgIpc) is 2.20. The Morgan fingerprint density at radius 3 is 2.86 bits per heavy atom. The summed E-state index contributed by atoms with van der Waals surface area (Å²) in [5.74, 6) is 1.36. The van der Waals surface area contributed by atoms with Gasteiger partial charge in [0.25, 0.3) is 0 Å². The lowest BCUT2D eigenvalue weighted by Crippen LogP contribution is -2.37. The summed E-state index contributed by atoms with van der Waals surface area (Å²) < 4.78 is 0. The Bertz CT molecular complexity index is 173. The normalized spacial score (nSPS) is 24.6. The van der Waals surface area contributed by atoms with Crippen LogP contribution in [0.5, 0.6) is 0 Å². The predicted octanol–water partition coefficient (Wildman–Crippen LogP) is 3.22. The number of hydrogen-bond acceptors (Lipinski definition) is 2. The van der Waals surface area contributed by atoms with Gasteiger partial charge in [0.05, 0.1) is 0 Å². The first-order valence-corrected chi connectivity index (χ1v) is 6.72. The van der Waals surface area contributed by atoms with Crippen molar-refractivity contribution in [2.24, 2.45) is 0 Å². The van der Waals surface area contributed by atoms with E-state index in [4.69, 9.17) is 0 Å². The van der Waals surface area contributed by atoms with E-state index >= 15 is 0 Å². The zero-order valence-corrected chi connectivity index (χ0v) is 10.3. The topological polar surface area (TPSA) is 12.0 Å². The second-order valence-electron chi connectivity index (χ2n) is 4.30. The predicted molar refractivity (Wildman–Crippen MR) is 67.0 cm³/mol. The second kappa shape index (κ2) is 6.52. The van der Waals surface area contributed by atoms with E-state index in [1.54, 1.807) is 0 Å². The quantitative estimate of drug-likeness (QED) is 0.704. The van der Waals surface area contributed by atoms with E-state index in [2.05, 4.69) is 37.6 Å². The van der Waals surface area contributed by atoms with Gasteiger partial charge in [-0.15, -0.1) is 6.58 Å². The van der Waals surface area contributed by atoms with Crippen LogP contribution in [-0.2, 0) is 0 Å². The molecule has 0 bridgehead atoms. The van der Waals surface area contributed by atoms with Crippen molar-refractivity contribution in [2.45, 2.75) is 50.3 Å². The van der Waals surface area contributed by atoms with Gasteiger partial charge >= 0.3 is 0 Å². The lowest BCUT2D eigenvalue weighted by Gasteiger charge is -2.29. The van der Waals surface area contributed by atoms with E-state index < -0.39 is 0 Å². The van der Waals surface area contributed by atoms with Gasteiger partial charge in [0.1, 0.15) is 0 Å². The molecule has 0 saturated carbocycles. The number of rotatable bonds is 5. The lowest BCUT2D eigenvalue weighted by atomic mass is 10.0. The van der Waals surface area contributed by atoms with E-state index in [0.717, 1.165) is 5.25 Å². The molecule has 1 N–H and O–H groups in total. The Morgan fingerprint density at radius 1 is 1.57 bits per heavy atom. The summed E-state index contributed by atoms with van der Waals surface area (Å²) in [5, 5.41) is 4.31. The highest BCUT2D eigenvalue weighted by Gasteiger charge is 2.22. The summed E-state index contributed by atoms with van der Waals surface area (Å²) in [7, 11) is 2.10. The molecule has 0 aromatic rings. The molecule has 0 radical (unpaired) electrons. The third kappa shape index (κ3) is 4.05. The minimum Gasteiger partial charge on any atom is -0.316 e. The Morgan fingerprint density at radius 2 is 2.36 bits per heavy atom. The first-order valence-electron chi connectivity index (χ1n) is 5.67. The summed E-state index contributed by atoms with van der Waals surface area (Å²) in [6.07, 6.45) is 6.65. The van der Waals surface area contributed by atoms with Gasteiger partial charge in [-0.2, -0.15) is 11.8 Å². The molecule has 1 fully saturated rings. The minimum atomic E-state index is 0.692. The first kappa shape index (κ1) is 12.1. The summed E-state index contributed by atoms with van der Waals surface area (Å²) >= 11 is 2.16. The zero-order valence-electron chi connectivity index (χ0n) is 9.51. The molecule has 0 aliphatic carbocycles. The molecule has 82 valence electrons. The van der Waals surface area contributed by atoms with Crippen molar-refractivity contribution in [1.29, 1.82) is 0 Å². The molecule has 2 atom stereocenters.